The van der Waals surface area contributed by atoms with Crippen molar-refractivity contribution in [2.24, 2.45) is 11.8 Å². The van der Waals surface area contributed by atoms with Gasteiger partial charge in [0.1, 0.15) is 5.92 Å². The molecule has 1 aliphatic carbocycles. The topological polar surface area (TPSA) is 83.8 Å². The molecule has 4 atom stereocenters. The average Bonchev–Trinajstić information content (AvgIpc) is 2.38. The van der Waals surface area contributed by atoms with Crippen molar-refractivity contribution in [2.75, 3.05) is 6.61 Å². The van der Waals surface area contributed by atoms with E-state index >= 15 is 0 Å². The first-order valence-electron chi connectivity index (χ1n) is 5.77. The fraction of sp³-hybridized carbons (Fsp3) is 0.385. The summed E-state index contributed by atoms with van der Waals surface area (Å²) in [5.41, 5.74) is 1.73. The molecule has 0 amide bonds. The Kier molecular flexibility index (Phi) is 2.38. The van der Waals surface area contributed by atoms with Gasteiger partial charge in [0, 0.05) is 5.92 Å². The maximum atomic E-state index is 11.3. The van der Waals surface area contributed by atoms with Crippen molar-refractivity contribution in [3.63, 3.8) is 0 Å². The Morgan fingerprint density at radius 2 is 1.67 bits per heavy atom. The molecule has 0 unspecified atom stereocenters. The monoisotopic (exact) mass is 248 g/mol. The van der Waals surface area contributed by atoms with Crippen molar-refractivity contribution in [3.05, 3.63) is 35.4 Å². The molecule has 2 N–H and O–H groups in total. The lowest BCUT2D eigenvalue weighted by atomic mass is 9.65. The van der Waals surface area contributed by atoms with Crippen molar-refractivity contribution in [2.45, 2.75) is 12.0 Å². The van der Waals surface area contributed by atoms with E-state index in [1.165, 1.54) is 0 Å². The molecule has 2 bridgehead atoms. The summed E-state index contributed by atoms with van der Waals surface area (Å²) in [7, 11) is 0. The summed E-state index contributed by atoms with van der Waals surface area (Å²) in [6, 6.07) is 7.34. The third-order valence-electron chi connectivity index (χ3n) is 3.87. The largest absolute Gasteiger partial charge is 0.481 e. The van der Waals surface area contributed by atoms with Crippen molar-refractivity contribution < 1.29 is 24.5 Å². The number of carboxylic acid groups (broad SMARTS) is 2. The zero-order valence-electron chi connectivity index (χ0n) is 9.45. The van der Waals surface area contributed by atoms with Crippen LogP contribution in [0, 0.1) is 11.8 Å². The van der Waals surface area contributed by atoms with Gasteiger partial charge in [-0.1, -0.05) is 24.3 Å². The van der Waals surface area contributed by atoms with Crippen LogP contribution >= 0.6 is 0 Å². The van der Waals surface area contributed by atoms with Gasteiger partial charge in [-0.3, -0.25) is 9.59 Å². The number of hydrogen-bond donors (Lipinski definition) is 2. The molecular formula is C13H12O5. The SMILES string of the molecule is O=C(O)[C@@H]1[C@H](C(=O)O)[C@H]2OC[C@H]1c1ccccc12. The zero-order chi connectivity index (χ0) is 12.9. The van der Waals surface area contributed by atoms with E-state index in [0.717, 1.165) is 11.1 Å². The molecule has 5 heteroatoms. The molecule has 94 valence electrons. The molecule has 5 nitrogen and oxygen atoms in total. The van der Waals surface area contributed by atoms with Crippen molar-refractivity contribution in [3.8, 4) is 0 Å². The molecule has 1 saturated heterocycles. The normalized spacial score (nSPS) is 32.9. The fourth-order valence-electron chi connectivity index (χ4n) is 3.14. The van der Waals surface area contributed by atoms with Gasteiger partial charge in [0.25, 0.3) is 0 Å². The standard InChI is InChI=1S/C13H12O5/c14-12(15)9-8-5-18-11(10(9)13(16)17)7-4-2-1-3-6(7)8/h1-4,8-11H,5H2,(H,14,15)(H,16,17)/t8-,9-,10-,11-/m0/s1. The number of rotatable bonds is 2. The summed E-state index contributed by atoms with van der Waals surface area (Å²) in [6.07, 6.45) is -0.648. The molecular weight excluding hydrogens is 236 g/mol. The van der Waals surface area contributed by atoms with E-state index in [4.69, 9.17) is 4.74 Å². The number of ether oxygens (including phenoxy) is 1. The van der Waals surface area contributed by atoms with Gasteiger partial charge in [-0.05, 0) is 11.1 Å². The minimum absolute atomic E-state index is 0.280. The quantitative estimate of drug-likeness (QED) is 0.823. The van der Waals surface area contributed by atoms with Crippen LogP contribution in [0.1, 0.15) is 23.1 Å². The van der Waals surface area contributed by atoms with Gasteiger partial charge in [-0.25, -0.2) is 0 Å². The first-order valence-corrected chi connectivity index (χ1v) is 5.77. The lowest BCUT2D eigenvalue weighted by Crippen LogP contribution is -2.48. The van der Waals surface area contributed by atoms with Gasteiger partial charge in [0.2, 0.25) is 0 Å². The Morgan fingerprint density at radius 3 is 2.28 bits per heavy atom. The molecule has 0 spiro atoms. The van der Waals surface area contributed by atoms with Crippen LogP contribution in [0.2, 0.25) is 0 Å². The highest BCUT2D eigenvalue weighted by Crippen LogP contribution is 2.51. The van der Waals surface area contributed by atoms with E-state index in [9.17, 15) is 19.8 Å². The average molecular weight is 248 g/mol. The Morgan fingerprint density at radius 1 is 1.06 bits per heavy atom. The van der Waals surface area contributed by atoms with Gasteiger partial charge in [0.05, 0.1) is 18.6 Å². The van der Waals surface area contributed by atoms with E-state index in [0.29, 0.717) is 0 Å². The van der Waals surface area contributed by atoms with Gasteiger partial charge in [-0.15, -0.1) is 0 Å². The van der Waals surface area contributed by atoms with Gasteiger partial charge >= 0.3 is 11.9 Å². The minimum Gasteiger partial charge on any atom is -0.481 e. The summed E-state index contributed by atoms with van der Waals surface area (Å²) in [6.45, 7) is 0.280. The number of hydrogen-bond acceptors (Lipinski definition) is 3. The van der Waals surface area contributed by atoms with E-state index in [1.54, 1.807) is 0 Å². The fourth-order valence-corrected chi connectivity index (χ4v) is 3.14. The van der Waals surface area contributed by atoms with Crippen LogP contribution in [0.5, 0.6) is 0 Å². The lowest BCUT2D eigenvalue weighted by molar-refractivity contribution is -0.175. The highest BCUT2D eigenvalue weighted by Gasteiger charge is 2.54. The van der Waals surface area contributed by atoms with Gasteiger partial charge in [0.15, 0.2) is 0 Å². The van der Waals surface area contributed by atoms with E-state index in [-0.39, 0.29) is 12.5 Å². The van der Waals surface area contributed by atoms with Crippen LogP contribution in [0.25, 0.3) is 0 Å². The maximum Gasteiger partial charge on any atom is 0.310 e. The Hall–Kier alpha value is -1.88. The Labute approximate surface area is 103 Å². The highest BCUT2D eigenvalue weighted by molar-refractivity contribution is 5.83. The second-order valence-corrected chi connectivity index (χ2v) is 4.72. The van der Waals surface area contributed by atoms with E-state index in [1.807, 2.05) is 24.3 Å². The molecule has 2 aliphatic heterocycles. The number of carboxylic acids is 2. The molecule has 18 heavy (non-hydrogen) atoms. The predicted molar refractivity (Wildman–Crippen MR) is 60.1 cm³/mol. The van der Waals surface area contributed by atoms with Gasteiger partial charge < -0.3 is 14.9 Å². The van der Waals surface area contributed by atoms with Crippen molar-refractivity contribution in [1.29, 1.82) is 0 Å². The Bertz CT molecular complexity index is 477. The second-order valence-electron chi connectivity index (χ2n) is 4.72. The maximum absolute atomic E-state index is 11.3. The van der Waals surface area contributed by atoms with Gasteiger partial charge in [-0.2, -0.15) is 0 Å². The van der Waals surface area contributed by atoms with Crippen LogP contribution in [0.4, 0.5) is 0 Å². The summed E-state index contributed by atoms with van der Waals surface area (Å²) in [4.78, 5) is 22.7. The summed E-state index contributed by atoms with van der Waals surface area (Å²) >= 11 is 0. The third-order valence-corrected chi connectivity index (χ3v) is 3.87. The second kappa shape index (κ2) is 3.81. The van der Waals surface area contributed by atoms with Crippen LogP contribution in [-0.2, 0) is 14.3 Å². The molecule has 3 aliphatic rings. The smallest absolute Gasteiger partial charge is 0.310 e. The van der Waals surface area contributed by atoms with Crippen LogP contribution in [0.15, 0.2) is 24.3 Å². The summed E-state index contributed by atoms with van der Waals surface area (Å²) < 4.78 is 5.51. The van der Waals surface area contributed by atoms with E-state index in [2.05, 4.69) is 0 Å². The Balaban J connectivity index is 2.16. The highest BCUT2D eigenvalue weighted by atomic mass is 16.5. The van der Waals surface area contributed by atoms with Crippen LogP contribution in [0.3, 0.4) is 0 Å². The number of aliphatic carboxylic acids is 2. The third kappa shape index (κ3) is 1.37. The summed E-state index contributed by atoms with van der Waals surface area (Å²) in [5.74, 6) is -4.45. The molecule has 1 aromatic rings. The summed E-state index contributed by atoms with van der Waals surface area (Å²) in [5, 5.41) is 18.5. The first kappa shape index (κ1) is 11.2. The molecule has 0 saturated carbocycles. The van der Waals surface area contributed by atoms with Crippen molar-refractivity contribution in [1.82, 2.24) is 0 Å². The molecule has 0 aromatic heterocycles. The minimum atomic E-state index is -1.10. The molecule has 0 radical (unpaired) electrons. The lowest BCUT2D eigenvalue weighted by Gasteiger charge is -2.45. The predicted octanol–water partition coefficient (Wildman–Crippen LogP) is 1.26. The number of benzene rings is 1. The molecule has 4 rings (SSSR count). The van der Waals surface area contributed by atoms with Crippen LogP contribution in [-0.4, -0.2) is 28.8 Å². The molecule has 1 aromatic carbocycles. The zero-order valence-corrected chi connectivity index (χ0v) is 9.45. The molecule has 1 fully saturated rings. The van der Waals surface area contributed by atoms with Crippen molar-refractivity contribution >= 4 is 11.9 Å². The number of fused-ring (bicyclic) bond motifs is 2. The van der Waals surface area contributed by atoms with Crippen LogP contribution < -0.4 is 0 Å². The number of carbonyl (C=O) groups is 2. The first-order chi connectivity index (χ1) is 8.61. The van der Waals surface area contributed by atoms with E-state index < -0.39 is 29.9 Å². The molecule has 2 heterocycles.